The minimum absolute atomic E-state index is 0.808. The Bertz CT molecular complexity index is 616. The number of rotatable bonds is 3. The monoisotopic (exact) mass is 311 g/mol. The molecule has 0 atom stereocenters. The molecule has 1 nitrogen and oxygen atoms in total. The predicted molar refractivity (Wildman–Crippen MR) is 83.8 cm³/mol. The average molecular weight is 312 g/mol. The molecule has 0 bridgehead atoms. The van der Waals surface area contributed by atoms with Gasteiger partial charge in [-0.3, -0.25) is 0 Å². The number of benzene rings is 2. The molecule has 0 aromatic heterocycles. The second-order valence-electron chi connectivity index (χ2n) is 4.25. The largest absolute Gasteiger partial charge is 0.193 e. The van der Waals surface area contributed by atoms with Crippen LogP contribution in [0.15, 0.2) is 54.6 Å². The Morgan fingerprint density at radius 1 is 1.05 bits per heavy atom. The quantitative estimate of drug-likeness (QED) is 0.717. The molecule has 0 aliphatic rings. The zero-order valence-corrected chi connectivity index (χ0v) is 12.3. The first-order valence-electron chi connectivity index (χ1n) is 6.19. The van der Waals surface area contributed by atoms with Gasteiger partial charge < -0.3 is 0 Å². The molecule has 19 heavy (non-hydrogen) atoms. The van der Waals surface area contributed by atoms with Crippen molar-refractivity contribution in [2.75, 3.05) is 0 Å². The first-order chi connectivity index (χ1) is 9.24. The van der Waals surface area contributed by atoms with Crippen LogP contribution >= 0.6 is 15.9 Å². The number of nitrogens with zero attached hydrogens (tertiary/aromatic N) is 1. The molecule has 2 aromatic rings. The molecule has 0 saturated carbocycles. The Morgan fingerprint density at radius 3 is 2.05 bits per heavy atom. The van der Waals surface area contributed by atoms with Gasteiger partial charge in [0, 0.05) is 10.6 Å². The van der Waals surface area contributed by atoms with Crippen molar-refractivity contribution < 1.29 is 0 Å². The fourth-order valence-corrected chi connectivity index (χ4v) is 2.26. The molecule has 2 aromatic carbocycles. The maximum atomic E-state index is 8.62. The topological polar surface area (TPSA) is 23.8 Å². The van der Waals surface area contributed by atoms with E-state index in [9.17, 15) is 0 Å². The normalized spacial score (nSPS) is 11.1. The van der Waals surface area contributed by atoms with Crippen LogP contribution in [0.3, 0.4) is 0 Å². The van der Waals surface area contributed by atoms with Gasteiger partial charge in [-0.1, -0.05) is 55.5 Å². The summed E-state index contributed by atoms with van der Waals surface area (Å²) in [6.07, 6.45) is 2.55. The molecule has 0 fully saturated rings. The van der Waals surface area contributed by atoms with Gasteiger partial charge in [-0.2, -0.15) is 5.26 Å². The molecule has 0 N–H and O–H groups in total. The molecular weight excluding hydrogens is 298 g/mol. The van der Waals surface area contributed by atoms with E-state index in [0.717, 1.165) is 16.5 Å². The minimum Gasteiger partial charge on any atom is -0.193 e. The number of halogens is 1. The summed E-state index contributed by atoms with van der Waals surface area (Å²) < 4.78 is 0.808. The van der Waals surface area contributed by atoms with Crippen molar-refractivity contribution in [1.29, 1.82) is 5.26 Å². The number of nitriles is 1. The lowest BCUT2D eigenvalue weighted by Gasteiger charge is -2.05. The van der Waals surface area contributed by atoms with E-state index in [2.05, 4.69) is 59.3 Å². The van der Waals surface area contributed by atoms with E-state index in [1.807, 2.05) is 18.2 Å². The predicted octanol–water partition coefficient (Wildman–Crippen LogP) is 5.18. The Morgan fingerprint density at radius 2 is 1.58 bits per heavy atom. The van der Waals surface area contributed by atoms with Gasteiger partial charge in [0.25, 0.3) is 0 Å². The average Bonchev–Trinajstić information content (AvgIpc) is 2.48. The Balaban J connectivity index is 2.27. The number of allylic oxidation sites excluding steroid dienone is 1. The van der Waals surface area contributed by atoms with Crippen LogP contribution in [0.25, 0.3) is 15.6 Å². The summed E-state index contributed by atoms with van der Waals surface area (Å²) in [6, 6.07) is 18.8. The molecule has 2 rings (SSSR count). The van der Waals surface area contributed by atoms with Gasteiger partial charge in [0.05, 0.1) is 6.07 Å². The van der Waals surface area contributed by atoms with Crippen molar-refractivity contribution in [3.05, 3.63) is 65.7 Å². The molecule has 0 saturated heterocycles. The van der Waals surface area contributed by atoms with Crippen LogP contribution in [-0.2, 0) is 6.42 Å². The van der Waals surface area contributed by atoms with E-state index in [0.29, 0.717) is 0 Å². The number of hydrogen-bond acceptors (Lipinski definition) is 1. The molecule has 0 spiro atoms. The summed E-state index contributed by atoms with van der Waals surface area (Å²) in [5.74, 6) is 0. The standard InChI is InChI=1S/C17H14BrN/c1-2-13-3-5-14(6-4-13)15-7-9-16(10-8-15)17(18)11-12-19/h3-11H,2H2,1H3/b17-11-. The van der Waals surface area contributed by atoms with Crippen molar-refractivity contribution >= 4 is 20.4 Å². The Labute approximate surface area is 122 Å². The van der Waals surface area contributed by atoms with Crippen molar-refractivity contribution in [2.45, 2.75) is 13.3 Å². The maximum Gasteiger partial charge on any atom is 0.0924 e. The second-order valence-corrected chi connectivity index (χ2v) is 5.10. The molecule has 0 unspecified atom stereocenters. The summed E-state index contributed by atoms with van der Waals surface area (Å²) in [5, 5.41) is 8.62. The van der Waals surface area contributed by atoms with Gasteiger partial charge >= 0.3 is 0 Å². The van der Waals surface area contributed by atoms with Crippen molar-refractivity contribution in [2.24, 2.45) is 0 Å². The van der Waals surface area contributed by atoms with E-state index >= 15 is 0 Å². The SMILES string of the molecule is CCc1ccc(-c2ccc(/C(Br)=C/C#N)cc2)cc1. The lowest BCUT2D eigenvalue weighted by Crippen LogP contribution is -1.82. The van der Waals surface area contributed by atoms with Crippen LogP contribution in [0.4, 0.5) is 0 Å². The minimum atomic E-state index is 0.808. The lowest BCUT2D eigenvalue weighted by atomic mass is 10.0. The molecule has 0 heterocycles. The van der Waals surface area contributed by atoms with Crippen LogP contribution in [-0.4, -0.2) is 0 Å². The van der Waals surface area contributed by atoms with Gasteiger partial charge in [0.15, 0.2) is 0 Å². The summed E-state index contributed by atoms with van der Waals surface area (Å²) in [6.45, 7) is 2.16. The second kappa shape index (κ2) is 6.36. The van der Waals surface area contributed by atoms with Gasteiger partial charge in [0.2, 0.25) is 0 Å². The van der Waals surface area contributed by atoms with Crippen molar-refractivity contribution in [3.63, 3.8) is 0 Å². The number of aryl methyl sites for hydroxylation is 1. The summed E-state index contributed by atoms with van der Waals surface area (Å²) in [5.41, 5.74) is 4.75. The fraction of sp³-hybridized carbons (Fsp3) is 0.118. The molecule has 0 aliphatic heterocycles. The van der Waals surface area contributed by atoms with E-state index in [-0.39, 0.29) is 0 Å². The molecule has 0 radical (unpaired) electrons. The fourth-order valence-electron chi connectivity index (χ4n) is 1.89. The van der Waals surface area contributed by atoms with Crippen molar-refractivity contribution in [1.82, 2.24) is 0 Å². The first kappa shape index (κ1) is 13.6. The zero-order chi connectivity index (χ0) is 13.7. The highest BCUT2D eigenvalue weighted by Crippen LogP contribution is 2.25. The first-order valence-corrected chi connectivity index (χ1v) is 6.99. The smallest absolute Gasteiger partial charge is 0.0924 e. The van der Waals surface area contributed by atoms with E-state index < -0.39 is 0 Å². The van der Waals surface area contributed by atoms with E-state index in [1.54, 1.807) is 0 Å². The van der Waals surface area contributed by atoms with Crippen LogP contribution in [0, 0.1) is 11.3 Å². The van der Waals surface area contributed by atoms with Crippen LogP contribution in [0.1, 0.15) is 18.1 Å². The summed E-state index contributed by atoms with van der Waals surface area (Å²) >= 11 is 3.38. The summed E-state index contributed by atoms with van der Waals surface area (Å²) in [7, 11) is 0. The van der Waals surface area contributed by atoms with E-state index in [1.165, 1.54) is 22.8 Å². The third-order valence-electron chi connectivity index (χ3n) is 3.05. The van der Waals surface area contributed by atoms with Crippen LogP contribution in [0.2, 0.25) is 0 Å². The van der Waals surface area contributed by atoms with Gasteiger partial charge in [-0.25, -0.2) is 0 Å². The van der Waals surface area contributed by atoms with Crippen LogP contribution in [0.5, 0.6) is 0 Å². The van der Waals surface area contributed by atoms with Crippen molar-refractivity contribution in [3.8, 4) is 17.2 Å². The molecular formula is C17H14BrN. The van der Waals surface area contributed by atoms with E-state index in [4.69, 9.17) is 5.26 Å². The Kier molecular flexibility index (Phi) is 4.54. The highest BCUT2D eigenvalue weighted by atomic mass is 79.9. The maximum absolute atomic E-state index is 8.62. The highest BCUT2D eigenvalue weighted by molar-refractivity contribution is 9.15. The molecule has 0 amide bonds. The molecule has 0 aliphatic carbocycles. The summed E-state index contributed by atoms with van der Waals surface area (Å²) in [4.78, 5) is 0. The zero-order valence-electron chi connectivity index (χ0n) is 10.7. The third kappa shape index (κ3) is 3.33. The van der Waals surface area contributed by atoms with Gasteiger partial charge in [0.1, 0.15) is 0 Å². The van der Waals surface area contributed by atoms with Gasteiger partial charge in [-0.05, 0) is 44.6 Å². The van der Waals surface area contributed by atoms with Gasteiger partial charge in [-0.15, -0.1) is 0 Å². The molecule has 94 valence electrons. The lowest BCUT2D eigenvalue weighted by molar-refractivity contribution is 1.14. The highest BCUT2D eigenvalue weighted by Gasteiger charge is 2.00. The third-order valence-corrected chi connectivity index (χ3v) is 3.73. The number of hydrogen-bond donors (Lipinski definition) is 0. The Hall–Kier alpha value is -1.85. The molecule has 2 heteroatoms. The van der Waals surface area contributed by atoms with Crippen LogP contribution < -0.4 is 0 Å².